The predicted molar refractivity (Wildman–Crippen MR) is 131 cm³/mol. The van der Waals surface area contributed by atoms with E-state index in [0.29, 0.717) is 19.3 Å². The lowest BCUT2D eigenvalue weighted by Crippen LogP contribution is -2.49. The number of aromatic hydroxyl groups is 1. The molecule has 0 unspecified atom stereocenters. The molecular weight excluding hydrogens is 467 g/mol. The Hall–Kier alpha value is -3.39. The van der Waals surface area contributed by atoms with E-state index >= 15 is 0 Å². The van der Waals surface area contributed by atoms with Crippen molar-refractivity contribution in [3.8, 4) is 16.9 Å². The standard InChI is InChI=1S/C28H28F3N3O2/c1-16-5-4-6-23(17(16)2)24-11-19(7-10-26(24)35)18(3)33-14-22-12-21(33)15-34(22)27(36)25-9-8-20(13-32-25)28(29,30)31/h4-11,13,18,21-22,35H,12,14-15H2,1-3H3/t18-,21-,22-/m0/s1. The van der Waals surface area contributed by atoms with Crippen molar-refractivity contribution in [2.45, 2.75) is 51.5 Å². The molecule has 2 aliphatic heterocycles. The van der Waals surface area contributed by atoms with Gasteiger partial charge in [-0.25, -0.2) is 0 Å². The number of rotatable bonds is 4. The molecule has 0 aliphatic carbocycles. The number of halogens is 3. The predicted octanol–water partition coefficient (Wildman–Crippen LogP) is 5.75. The van der Waals surface area contributed by atoms with E-state index in [1.54, 1.807) is 11.0 Å². The lowest BCUT2D eigenvalue weighted by atomic mass is 9.93. The first-order chi connectivity index (χ1) is 17.0. The van der Waals surface area contributed by atoms with E-state index in [2.05, 4.69) is 36.7 Å². The van der Waals surface area contributed by atoms with Gasteiger partial charge in [0.2, 0.25) is 0 Å². The zero-order valence-electron chi connectivity index (χ0n) is 20.4. The lowest BCUT2D eigenvalue weighted by Gasteiger charge is -2.38. The van der Waals surface area contributed by atoms with Gasteiger partial charge in [0.25, 0.3) is 5.91 Å². The van der Waals surface area contributed by atoms with E-state index in [0.717, 1.165) is 46.4 Å². The number of fused-ring (bicyclic) bond motifs is 2. The quantitative estimate of drug-likeness (QED) is 0.501. The largest absolute Gasteiger partial charge is 0.507 e. The van der Waals surface area contributed by atoms with Gasteiger partial charge in [0, 0.05) is 43.0 Å². The van der Waals surface area contributed by atoms with Crippen LogP contribution in [0.15, 0.2) is 54.7 Å². The number of likely N-dealkylation sites (tertiary alicyclic amines) is 2. The van der Waals surface area contributed by atoms with Crippen LogP contribution in [0.1, 0.15) is 52.1 Å². The van der Waals surface area contributed by atoms with Crippen molar-refractivity contribution in [1.82, 2.24) is 14.8 Å². The highest BCUT2D eigenvalue weighted by molar-refractivity contribution is 5.93. The average Bonchev–Trinajstić information content (AvgIpc) is 3.46. The summed E-state index contributed by atoms with van der Waals surface area (Å²) in [5.41, 5.74) is 4.35. The zero-order valence-corrected chi connectivity index (χ0v) is 20.4. The number of phenols is 1. The number of piperazine rings is 1. The Morgan fingerprint density at radius 3 is 2.47 bits per heavy atom. The number of hydrogen-bond donors (Lipinski definition) is 1. The van der Waals surface area contributed by atoms with Crippen LogP contribution in [0, 0.1) is 13.8 Å². The number of alkyl halides is 3. The van der Waals surface area contributed by atoms with Gasteiger partial charge in [-0.3, -0.25) is 14.7 Å². The molecule has 2 aliphatic rings. The molecule has 5 rings (SSSR count). The van der Waals surface area contributed by atoms with Crippen LogP contribution in [0.2, 0.25) is 0 Å². The summed E-state index contributed by atoms with van der Waals surface area (Å²) in [5, 5.41) is 10.6. The number of amides is 1. The number of benzene rings is 2. The minimum absolute atomic E-state index is 0.00959. The molecule has 36 heavy (non-hydrogen) atoms. The van der Waals surface area contributed by atoms with Gasteiger partial charge in [0.05, 0.1) is 5.56 Å². The van der Waals surface area contributed by atoms with Gasteiger partial charge in [-0.05, 0) is 73.7 Å². The summed E-state index contributed by atoms with van der Waals surface area (Å²) >= 11 is 0. The van der Waals surface area contributed by atoms with Crippen LogP contribution in [-0.4, -0.2) is 51.0 Å². The first-order valence-electron chi connectivity index (χ1n) is 12.0. The van der Waals surface area contributed by atoms with Gasteiger partial charge in [0.1, 0.15) is 11.4 Å². The number of nitrogens with zero attached hydrogens (tertiary/aromatic N) is 3. The number of phenolic OH excluding ortho intramolecular Hbond substituents is 1. The van der Waals surface area contributed by atoms with E-state index in [4.69, 9.17) is 0 Å². The summed E-state index contributed by atoms with van der Waals surface area (Å²) in [7, 11) is 0. The fourth-order valence-electron chi connectivity index (χ4n) is 5.52. The molecule has 1 amide bonds. The molecule has 8 heteroatoms. The minimum atomic E-state index is -4.48. The lowest BCUT2D eigenvalue weighted by molar-refractivity contribution is -0.137. The molecule has 3 aromatic rings. The molecule has 0 saturated carbocycles. The maximum Gasteiger partial charge on any atom is 0.417 e. The van der Waals surface area contributed by atoms with E-state index in [1.807, 2.05) is 24.3 Å². The first kappa shape index (κ1) is 24.3. The van der Waals surface area contributed by atoms with Crippen LogP contribution in [-0.2, 0) is 6.18 Å². The summed E-state index contributed by atoms with van der Waals surface area (Å²) in [6.07, 6.45) is -2.95. The molecule has 0 radical (unpaired) electrons. The van der Waals surface area contributed by atoms with Crippen LogP contribution in [0.4, 0.5) is 13.2 Å². The molecule has 2 fully saturated rings. The number of carbonyl (C=O) groups excluding carboxylic acids is 1. The summed E-state index contributed by atoms with van der Waals surface area (Å²) in [5.74, 6) is -0.0891. The monoisotopic (exact) mass is 495 g/mol. The topological polar surface area (TPSA) is 56.7 Å². The summed E-state index contributed by atoms with van der Waals surface area (Å²) in [4.78, 5) is 20.9. The second kappa shape index (κ2) is 8.92. The van der Waals surface area contributed by atoms with Crippen molar-refractivity contribution in [2.24, 2.45) is 0 Å². The normalized spacial score (nSPS) is 20.7. The third-order valence-electron chi connectivity index (χ3n) is 7.75. The van der Waals surface area contributed by atoms with Gasteiger partial charge >= 0.3 is 6.18 Å². The molecule has 3 atom stereocenters. The van der Waals surface area contributed by atoms with Gasteiger partial charge in [-0.2, -0.15) is 13.2 Å². The Kier molecular flexibility index (Phi) is 6.03. The highest BCUT2D eigenvalue weighted by Gasteiger charge is 2.47. The van der Waals surface area contributed by atoms with Crippen molar-refractivity contribution < 1.29 is 23.1 Å². The third kappa shape index (κ3) is 4.23. The third-order valence-corrected chi connectivity index (χ3v) is 7.75. The molecule has 3 heterocycles. The van der Waals surface area contributed by atoms with Crippen LogP contribution in [0.3, 0.4) is 0 Å². The van der Waals surface area contributed by atoms with E-state index in [1.165, 1.54) is 0 Å². The molecule has 2 aromatic carbocycles. The number of carbonyl (C=O) groups is 1. The van der Waals surface area contributed by atoms with Gasteiger partial charge in [-0.1, -0.05) is 24.3 Å². The van der Waals surface area contributed by atoms with Crippen molar-refractivity contribution in [3.05, 3.63) is 82.7 Å². The van der Waals surface area contributed by atoms with Crippen molar-refractivity contribution in [2.75, 3.05) is 13.1 Å². The summed E-state index contributed by atoms with van der Waals surface area (Å²) in [6.45, 7) is 7.42. The molecular formula is C28H28F3N3O2. The number of aryl methyl sites for hydroxylation is 1. The van der Waals surface area contributed by atoms with Gasteiger partial charge in [0.15, 0.2) is 0 Å². The van der Waals surface area contributed by atoms with Crippen molar-refractivity contribution in [1.29, 1.82) is 0 Å². The number of hydrogen-bond acceptors (Lipinski definition) is 4. The molecule has 1 aromatic heterocycles. The Bertz CT molecular complexity index is 1310. The van der Waals surface area contributed by atoms with Crippen LogP contribution < -0.4 is 0 Å². The highest BCUT2D eigenvalue weighted by atomic mass is 19.4. The Morgan fingerprint density at radius 2 is 1.83 bits per heavy atom. The maximum atomic E-state index is 13.0. The molecule has 0 spiro atoms. The molecule has 188 valence electrons. The zero-order chi connectivity index (χ0) is 25.8. The smallest absolute Gasteiger partial charge is 0.417 e. The van der Waals surface area contributed by atoms with Crippen molar-refractivity contribution >= 4 is 5.91 Å². The molecule has 2 bridgehead atoms. The van der Waals surface area contributed by atoms with E-state index in [9.17, 15) is 23.1 Å². The molecule has 1 N–H and O–H groups in total. The molecule has 5 nitrogen and oxygen atoms in total. The van der Waals surface area contributed by atoms with Gasteiger partial charge < -0.3 is 10.0 Å². The highest BCUT2D eigenvalue weighted by Crippen LogP contribution is 2.40. The average molecular weight is 496 g/mol. The van der Waals surface area contributed by atoms with Gasteiger partial charge in [-0.15, -0.1) is 0 Å². The van der Waals surface area contributed by atoms with E-state index in [-0.39, 0.29) is 35.5 Å². The first-order valence-corrected chi connectivity index (χ1v) is 12.0. The fourth-order valence-corrected chi connectivity index (χ4v) is 5.52. The number of pyridine rings is 1. The fraction of sp³-hybridized carbons (Fsp3) is 0.357. The second-order valence-corrected chi connectivity index (χ2v) is 9.83. The maximum absolute atomic E-state index is 13.0. The second-order valence-electron chi connectivity index (χ2n) is 9.83. The Balaban J connectivity index is 1.31. The summed E-state index contributed by atoms with van der Waals surface area (Å²) in [6, 6.07) is 14.1. The Morgan fingerprint density at radius 1 is 1.06 bits per heavy atom. The van der Waals surface area contributed by atoms with E-state index < -0.39 is 11.7 Å². The van der Waals surface area contributed by atoms with Crippen LogP contribution >= 0.6 is 0 Å². The molecule has 2 saturated heterocycles. The SMILES string of the molecule is Cc1cccc(-c2cc([C@H](C)N3C[C@@H]4C[C@H]3CN4C(=O)c3ccc(C(F)(F)F)cn3)ccc2O)c1C. The minimum Gasteiger partial charge on any atom is -0.507 e. The Labute approximate surface area is 208 Å². The van der Waals surface area contributed by atoms with Crippen molar-refractivity contribution in [3.63, 3.8) is 0 Å². The number of aromatic nitrogens is 1. The van der Waals surface area contributed by atoms with Crippen LogP contribution in [0.5, 0.6) is 5.75 Å². The summed E-state index contributed by atoms with van der Waals surface area (Å²) < 4.78 is 38.5. The van der Waals surface area contributed by atoms with Crippen LogP contribution in [0.25, 0.3) is 11.1 Å².